The van der Waals surface area contributed by atoms with Gasteiger partial charge in [0, 0.05) is 50.0 Å². The lowest BCUT2D eigenvalue weighted by molar-refractivity contribution is -0.137. The van der Waals surface area contributed by atoms with Gasteiger partial charge in [0.25, 0.3) is 0 Å². The molecule has 0 spiro atoms. The number of hydrogen-bond donors (Lipinski definition) is 15. The van der Waals surface area contributed by atoms with E-state index in [-0.39, 0.29) is 102 Å². The third-order valence-corrected chi connectivity index (χ3v) is 14.4. The lowest BCUT2D eigenvalue weighted by atomic mass is 9.89. The van der Waals surface area contributed by atoms with Gasteiger partial charge in [-0.2, -0.15) is 0 Å². The van der Waals surface area contributed by atoms with Gasteiger partial charge in [-0.05, 0) is 143 Å². The summed E-state index contributed by atoms with van der Waals surface area (Å²) in [6.45, 7) is 5.97. The predicted octanol–water partition coefficient (Wildman–Crippen LogP) is -3.85. The van der Waals surface area contributed by atoms with Crippen LogP contribution >= 0.6 is 0 Å². The highest BCUT2D eigenvalue weighted by molar-refractivity contribution is 5.99. The lowest BCUT2D eigenvalue weighted by Crippen LogP contribution is -2.60. The van der Waals surface area contributed by atoms with E-state index in [1.165, 1.54) is 13.8 Å². The summed E-state index contributed by atoms with van der Waals surface area (Å²) >= 11 is 0. The normalized spacial score (nSPS) is 22.9. The van der Waals surface area contributed by atoms with Gasteiger partial charge in [-0.3, -0.25) is 52.7 Å². The predicted molar refractivity (Wildman–Crippen MR) is 314 cm³/mol. The number of aliphatic hydroxyl groups excluding tert-OH is 2. The SMILES string of the molecule is CC(C)C[C@@H]1NC(=O)[C@@H](Cc2ccccc2)CC(=O)[C@H](CCN)NC(=O)[C@@H](NC(=O)[C@H](CCN)CC(=O)[C@@H](NC(=O)[C@H](CCN)CC(=O)CCCCN(C)C)[C@@H](C)O)CCNC(=O)[C@H]([C@@H](C)O)NC(=O)[C@H](CCN)NC(=O)[C@H](CCN)NC1=O. The minimum Gasteiger partial charge on any atom is -0.391 e. The van der Waals surface area contributed by atoms with Crippen molar-refractivity contribution < 1.29 is 63.0 Å². The zero-order valence-electron chi connectivity index (χ0n) is 50.0. The molecule has 1 aromatic carbocycles. The van der Waals surface area contributed by atoms with Crippen molar-refractivity contribution >= 4 is 64.6 Å². The van der Waals surface area contributed by atoms with E-state index < -0.39 is 157 Å². The van der Waals surface area contributed by atoms with Crippen LogP contribution in [0.2, 0.25) is 0 Å². The van der Waals surface area contributed by atoms with Gasteiger partial charge in [-0.15, -0.1) is 0 Å². The van der Waals surface area contributed by atoms with Gasteiger partial charge in [0.05, 0.1) is 18.2 Å². The van der Waals surface area contributed by atoms with Crippen LogP contribution in [0.25, 0.3) is 0 Å². The minimum absolute atomic E-state index is 0.00132. The highest BCUT2D eigenvalue weighted by atomic mass is 16.3. The fourth-order valence-electron chi connectivity index (χ4n) is 9.66. The summed E-state index contributed by atoms with van der Waals surface area (Å²) in [5.74, 6) is -11.9. The molecule has 20 N–H and O–H groups in total. The highest BCUT2D eigenvalue weighted by Crippen LogP contribution is 2.20. The van der Waals surface area contributed by atoms with Crippen molar-refractivity contribution in [1.82, 2.24) is 47.4 Å². The molecule has 1 aliphatic heterocycles. The molecule has 12 atom stereocenters. The summed E-state index contributed by atoms with van der Waals surface area (Å²) in [6, 6.07) is -1.44. The van der Waals surface area contributed by atoms with E-state index in [1.54, 1.807) is 44.2 Å². The summed E-state index contributed by atoms with van der Waals surface area (Å²) in [6.07, 6.45) is -3.45. The Balaban J connectivity index is 2.69. The molecular weight excluding hydrogens is 1090 g/mol. The van der Waals surface area contributed by atoms with Crippen molar-refractivity contribution in [3.05, 3.63) is 35.9 Å². The zero-order valence-corrected chi connectivity index (χ0v) is 50.0. The van der Waals surface area contributed by atoms with E-state index >= 15 is 0 Å². The zero-order chi connectivity index (χ0) is 63.1. The Labute approximate surface area is 493 Å². The van der Waals surface area contributed by atoms with Gasteiger partial charge in [0.2, 0.25) is 47.3 Å². The second-order valence-electron chi connectivity index (χ2n) is 22.5. The molecule has 8 amide bonds. The fraction of sp³-hybridized carbons (Fsp3) is 0.702. The summed E-state index contributed by atoms with van der Waals surface area (Å²) < 4.78 is 0. The van der Waals surface area contributed by atoms with Gasteiger partial charge in [0.15, 0.2) is 11.6 Å². The van der Waals surface area contributed by atoms with E-state index in [1.807, 2.05) is 19.0 Å². The number of aliphatic hydroxyl groups is 2. The Bertz CT molecular complexity index is 2290. The molecule has 1 aliphatic rings. The average Bonchev–Trinajstić information content (AvgIpc) is 3.59. The maximum Gasteiger partial charge on any atom is 0.245 e. The van der Waals surface area contributed by atoms with Crippen molar-refractivity contribution in [3.8, 4) is 0 Å². The Kier molecular flexibility index (Phi) is 34.5. The highest BCUT2D eigenvalue weighted by Gasteiger charge is 2.38. The number of nitrogens with zero attached hydrogens (tertiary/aromatic N) is 1. The molecule has 0 aliphatic carbocycles. The van der Waals surface area contributed by atoms with Crippen LogP contribution in [0.15, 0.2) is 30.3 Å². The van der Waals surface area contributed by atoms with Crippen molar-refractivity contribution in [1.29, 1.82) is 0 Å². The van der Waals surface area contributed by atoms with Crippen LogP contribution in [0.3, 0.4) is 0 Å². The Morgan fingerprint density at radius 3 is 1.71 bits per heavy atom. The number of nitrogens with two attached hydrogens (primary N) is 5. The largest absolute Gasteiger partial charge is 0.391 e. The summed E-state index contributed by atoms with van der Waals surface area (Å²) in [5, 5.41) is 42.4. The number of nitrogens with one attached hydrogen (secondary N) is 8. The van der Waals surface area contributed by atoms with E-state index in [2.05, 4.69) is 42.5 Å². The fourth-order valence-corrected chi connectivity index (χ4v) is 9.66. The summed E-state index contributed by atoms with van der Waals surface area (Å²) in [7, 11) is 3.83. The number of amides is 8. The van der Waals surface area contributed by atoms with E-state index in [4.69, 9.17) is 28.7 Å². The topological polar surface area (TPSA) is 458 Å². The smallest absolute Gasteiger partial charge is 0.245 e. The van der Waals surface area contributed by atoms with Crippen molar-refractivity contribution in [2.24, 2.45) is 52.3 Å². The van der Waals surface area contributed by atoms with E-state index in [0.717, 1.165) is 13.0 Å². The van der Waals surface area contributed by atoms with E-state index in [9.17, 15) is 63.0 Å². The molecule has 474 valence electrons. The molecule has 27 heteroatoms. The Morgan fingerprint density at radius 1 is 0.643 bits per heavy atom. The number of ketones is 3. The monoisotopic (exact) mass is 1190 g/mol. The second-order valence-corrected chi connectivity index (χ2v) is 22.5. The third-order valence-electron chi connectivity index (χ3n) is 14.4. The van der Waals surface area contributed by atoms with Gasteiger partial charge in [0.1, 0.15) is 42.0 Å². The van der Waals surface area contributed by atoms with Crippen molar-refractivity contribution in [2.75, 3.05) is 59.9 Å². The molecule has 2 rings (SSSR count). The minimum atomic E-state index is -1.67. The maximum atomic E-state index is 14.6. The molecule has 1 saturated heterocycles. The van der Waals surface area contributed by atoms with Crippen molar-refractivity contribution in [2.45, 2.75) is 172 Å². The van der Waals surface area contributed by atoms with Crippen LogP contribution < -0.4 is 71.2 Å². The van der Waals surface area contributed by atoms with E-state index in [0.29, 0.717) is 12.0 Å². The molecule has 1 aromatic rings. The number of benzene rings is 1. The van der Waals surface area contributed by atoms with Crippen LogP contribution in [-0.4, -0.2) is 194 Å². The molecule has 1 fully saturated rings. The molecule has 0 saturated carbocycles. The number of rotatable bonds is 30. The molecule has 0 aromatic heterocycles. The van der Waals surface area contributed by atoms with Crippen LogP contribution in [0, 0.1) is 23.7 Å². The average molecular weight is 1190 g/mol. The first-order valence-corrected chi connectivity index (χ1v) is 29.3. The molecule has 1 heterocycles. The Hall–Kier alpha value is -6.33. The van der Waals surface area contributed by atoms with Crippen molar-refractivity contribution in [3.63, 3.8) is 0 Å². The number of carbonyl (C=O) groups is 11. The first-order chi connectivity index (χ1) is 39.8. The molecule has 84 heavy (non-hydrogen) atoms. The lowest BCUT2D eigenvalue weighted by Gasteiger charge is -2.28. The standard InChI is InChI=1S/C57H98N14O13/c1-33(2)28-45-56(83)67-42(18-24-61)53(80)66-43(19-25-62)55(82)70-49(35(4)73)57(84)63-26-20-44(54(81)64-41(17-23-60)46(75)32-39(52(79)68-45)29-36-12-8-7-9-13-36)65-50(77)38(16-22-59)31-47(76)48(34(3)72)69-51(78)37(15-21-58)30-40(74)14-10-11-27-71(5)6/h7-9,12-13,33-35,37-39,41-45,48-49,72-73H,10-11,14-32,58-62H2,1-6H3,(H,63,84)(H,64,81)(H,65,77)(H,66,80)(H,67,83)(H,68,79)(H,69,78)(H,70,82)/t34-,35-,37-,38-,39+,41+,42+,43+,44+,45+,48+,49+/m1/s1. The first kappa shape index (κ1) is 73.8. The molecule has 0 radical (unpaired) electrons. The third kappa shape index (κ3) is 26.7. The first-order valence-electron chi connectivity index (χ1n) is 29.3. The maximum absolute atomic E-state index is 14.6. The van der Waals surface area contributed by atoms with Gasteiger partial charge in [-0.1, -0.05) is 44.2 Å². The molecule has 27 nitrogen and oxygen atoms in total. The van der Waals surface area contributed by atoms with Gasteiger partial charge in [-0.25, -0.2) is 0 Å². The van der Waals surface area contributed by atoms with Gasteiger partial charge < -0.3 is 86.3 Å². The molecule has 0 unspecified atom stereocenters. The Morgan fingerprint density at radius 2 is 1.18 bits per heavy atom. The van der Waals surface area contributed by atoms with Crippen LogP contribution in [-0.2, 0) is 59.2 Å². The molecule has 0 bridgehead atoms. The quantitative estimate of drug-likeness (QED) is 0.0328. The molecular formula is C57H98N14O13. The summed E-state index contributed by atoms with van der Waals surface area (Å²) in [4.78, 5) is 156. The summed E-state index contributed by atoms with van der Waals surface area (Å²) in [5.41, 5.74) is 30.1. The van der Waals surface area contributed by atoms with Crippen LogP contribution in [0.4, 0.5) is 0 Å². The van der Waals surface area contributed by atoms with Gasteiger partial charge >= 0.3 is 0 Å². The number of hydrogen-bond acceptors (Lipinski definition) is 19. The number of unbranched alkanes of at least 4 members (excludes halogenated alkanes) is 1. The number of Topliss-reactive ketones (excluding diaryl/α,β-unsaturated/α-hetero) is 3. The second kappa shape index (κ2) is 39.3. The van der Waals surface area contributed by atoms with Crippen LogP contribution in [0.1, 0.15) is 117 Å². The number of carbonyl (C=O) groups excluding carboxylic acids is 11. The van der Waals surface area contributed by atoms with Crippen LogP contribution in [0.5, 0.6) is 0 Å².